The second-order valence-corrected chi connectivity index (χ2v) is 7.40. The standard InChI is InChI=1S/C15H22N2O2S/c1-9-14(20-10(2)16-9)8-17-12-6-4-3-5-11(12)7-13(17)15(18)19/h11-13H,3-8H2,1-2H3,(H,18,19)/t11-,12-,13-/m0/s1. The van der Waals surface area contributed by atoms with Crippen molar-refractivity contribution in [2.24, 2.45) is 5.92 Å². The van der Waals surface area contributed by atoms with Crippen LogP contribution in [0.1, 0.15) is 47.7 Å². The third-order valence-electron chi connectivity index (χ3n) is 4.83. The fourth-order valence-electron chi connectivity index (χ4n) is 3.91. The van der Waals surface area contributed by atoms with Crippen LogP contribution in [0.15, 0.2) is 0 Å². The molecule has 1 aromatic heterocycles. The zero-order valence-electron chi connectivity index (χ0n) is 12.1. The van der Waals surface area contributed by atoms with Crippen LogP contribution >= 0.6 is 11.3 Å². The highest BCUT2D eigenvalue weighted by Crippen LogP contribution is 2.41. The molecule has 2 fully saturated rings. The average Bonchev–Trinajstić information content (AvgIpc) is 2.91. The minimum Gasteiger partial charge on any atom is -0.480 e. The quantitative estimate of drug-likeness (QED) is 0.931. The second kappa shape index (κ2) is 5.45. The maximum Gasteiger partial charge on any atom is 0.320 e. The van der Waals surface area contributed by atoms with E-state index < -0.39 is 5.97 Å². The normalized spacial score (nSPS) is 30.4. The number of fused-ring (bicyclic) bond motifs is 1. The van der Waals surface area contributed by atoms with Crippen LogP contribution in [0.4, 0.5) is 0 Å². The lowest BCUT2D eigenvalue weighted by Crippen LogP contribution is -2.41. The number of carboxylic acid groups (broad SMARTS) is 1. The van der Waals surface area contributed by atoms with Crippen molar-refractivity contribution < 1.29 is 9.90 Å². The van der Waals surface area contributed by atoms with Crippen LogP contribution in [0.2, 0.25) is 0 Å². The average molecular weight is 294 g/mol. The van der Waals surface area contributed by atoms with Gasteiger partial charge >= 0.3 is 5.97 Å². The molecule has 3 rings (SSSR count). The van der Waals surface area contributed by atoms with Crippen LogP contribution in [-0.2, 0) is 11.3 Å². The number of carbonyl (C=O) groups is 1. The van der Waals surface area contributed by atoms with Crippen molar-refractivity contribution in [3.63, 3.8) is 0 Å². The lowest BCUT2D eigenvalue weighted by molar-refractivity contribution is -0.142. The lowest BCUT2D eigenvalue weighted by atomic mass is 9.85. The molecule has 0 unspecified atom stereocenters. The first-order valence-corrected chi connectivity index (χ1v) is 8.29. The number of aliphatic carboxylic acids is 1. The van der Waals surface area contributed by atoms with Gasteiger partial charge in [0, 0.05) is 17.5 Å². The molecule has 0 aromatic carbocycles. The number of rotatable bonds is 3. The van der Waals surface area contributed by atoms with Crippen molar-refractivity contribution in [1.82, 2.24) is 9.88 Å². The van der Waals surface area contributed by atoms with E-state index in [-0.39, 0.29) is 6.04 Å². The molecule has 110 valence electrons. The molecule has 20 heavy (non-hydrogen) atoms. The largest absolute Gasteiger partial charge is 0.480 e. The van der Waals surface area contributed by atoms with Crippen molar-refractivity contribution in [1.29, 1.82) is 0 Å². The Balaban J connectivity index is 1.84. The highest BCUT2D eigenvalue weighted by atomic mass is 32.1. The van der Waals surface area contributed by atoms with E-state index in [2.05, 4.69) is 9.88 Å². The van der Waals surface area contributed by atoms with Gasteiger partial charge in [0.15, 0.2) is 0 Å². The van der Waals surface area contributed by atoms with Crippen LogP contribution < -0.4 is 0 Å². The number of thiazole rings is 1. The Hall–Kier alpha value is -0.940. The number of nitrogens with zero attached hydrogens (tertiary/aromatic N) is 2. The molecule has 0 spiro atoms. The van der Waals surface area contributed by atoms with Gasteiger partial charge in [0.05, 0.1) is 10.7 Å². The monoisotopic (exact) mass is 294 g/mol. The summed E-state index contributed by atoms with van der Waals surface area (Å²) >= 11 is 1.71. The summed E-state index contributed by atoms with van der Waals surface area (Å²) in [5.41, 5.74) is 1.07. The Morgan fingerprint density at radius 3 is 2.80 bits per heavy atom. The number of aryl methyl sites for hydroxylation is 2. The first-order chi connectivity index (χ1) is 9.56. The van der Waals surface area contributed by atoms with Gasteiger partial charge in [-0.3, -0.25) is 9.69 Å². The minimum absolute atomic E-state index is 0.301. The topological polar surface area (TPSA) is 53.4 Å². The van der Waals surface area contributed by atoms with Gasteiger partial charge < -0.3 is 5.11 Å². The summed E-state index contributed by atoms with van der Waals surface area (Å²) in [6, 6.07) is 0.163. The van der Waals surface area contributed by atoms with Crippen molar-refractivity contribution in [3.05, 3.63) is 15.6 Å². The van der Waals surface area contributed by atoms with E-state index in [1.165, 1.54) is 24.1 Å². The molecule has 4 nitrogen and oxygen atoms in total. The number of carboxylic acids is 1. The van der Waals surface area contributed by atoms with Gasteiger partial charge in [-0.25, -0.2) is 4.98 Å². The Morgan fingerprint density at radius 2 is 2.15 bits per heavy atom. The number of aromatic nitrogens is 1. The highest BCUT2D eigenvalue weighted by molar-refractivity contribution is 7.11. The third kappa shape index (κ3) is 2.49. The van der Waals surface area contributed by atoms with Crippen LogP contribution in [0.3, 0.4) is 0 Å². The number of hydrogen-bond donors (Lipinski definition) is 1. The van der Waals surface area contributed by atoms with E-state index in [0.717, 1.165) is 30.1 Å². The predicted octanol–water partition coefficient (Wildman–Crippen LogP) is 2.98. The third-order valence-corrected chi connectivity index (χ3v) is 5.89. The maximum atomic E-state index is 11.6. The molecule has 2 aliphatic rings. The van der Waals surface area contributed by atoms with Gasteiger partial charge in [0.1, 0.15) is 6.04 Å². The molecule has 1 aliphatic carbocycles. The Bertz CT molecular complexity index is 514. The van der Waals surface area contributed by atoms with E-state index in [1.54, 1.807) is 11.3 Å². The summed E-state index contributed by atoms with van der Waals surface area (Å²) in [5, 5.41) is 10.6. The molecule has 1 N–H and O–H groups in total. The van der Waals surface area contributed by atoms with E-state index in [1.807, 2.05) is 13.8 Å². The maximum absolute atomic E-state index is 11.6. The smallest absolute Gasteiger partial charge is 0.320 e. The fraction of sp³-hybridized carbons (Fsp3) is 0.733. The van der Waals surface area contributed by atoms with Crippen LogP contribution in [0.25, 0.3) is 0 Å². The van der Waals surface area contributed by atoms with Crippen molar-refractivity contribution >= 4 is 17.3 Å². The zero-order valence-corrected chi connectivity index (χ0v) is 12.9. The molecule has 5 heteroatoms. The Morgan fingerprint density at radius 1 is 1.40 bits per heavy atom. The molecule has 1 aliphatic heterocycles. The van der Waals surface area contributed by atoms with E-state index in [4.69, 9.17) is 0 Å². The highest BCUT2D eigenvalue weighted by Gasteiger charge is 2.45. The summed E-state index contributed by atoms with van der Waals surface area (Å²) in [4.78, 5) is 19.5. The molecule has 2 heterocycles. The Kier molecular flexibility index (Phi) is 3.82. The second-order valence-electron chi connectivity index (χ2n) is 6.12. The first kappa shape index (κ1) is 14.0. The summed E-state index contributed by atoms with van der Waals surface area (Å²) in [6.07, 6.45) is 5.69. The van der Waals surface area contributed by atoms with Gasteiger partial charge in [-0.2, -0.15) is 0 Å². The number of likely N-dealkylation sites (tertiary alicyclic amines) is 1. The van der Waals surface area contributed by atoms with Gasteiger partial charge in [-0.1, -0.05) is 12.8 Å². The summed E-state index contributed by atoms with van der Waals surface area (Å²) in [5.74, 6) is -0.0718. The van der Waals surface area contributed by atoms with Gasteiger partial charge in [-0.05, 0) is 39.0 Å². The van der Waals surface area contributed by atoms with Crippen molar-refractivity contribution in [3.8, 4) is 0 Å². The molecule has 0 radical (unpaired) electrons. The number of hydrogen-bond acceptors (Lipinski definition) is 4. The molecule has 1 aromatic rings. The lowest BCUT2D eigenvalue weighted by Gasteiger charge is -2.32. The van der Waals surface area contributed by atoms with E-state index >= 15 is 0 Å². The molecule has 1 saturated heterocycles. The molecule has 0 amide bonds. The van der Waals surface area contributed by atoms with Crippen LogP contribution in [0.5, 0.6) is 0 Å². The summed E-state index contributed by atoms with van der Waals surface area (Å²) in [7, 11) is 0. The van der Waals surface area contributed by atoms with E-state index in [0.29, 0.717) is 12.0 Å². The van der Waals surface area contributed by atoms with Crippen molar-refractivity contribution in [2.45, 2.75) is 64.6 Å². The summed E-state index contributed by atoms with van der Waals surface area (Å²) in [6.45, 7) is 4.81. The first-order valence-electron chi connectivity index (χ1n) is 7.47. The molecule has 1 saturated carbocycles. The Labute approximate surface area is 123 Å². The van der Waals surface area contributed by atoms with Crippen molar-refractivity contribution in [2.75, 3.05) is 0 Å². The van der Waals surface area contributed by atoms with Gasteiger partial charge in [0.25, 0.3) is 0 Å². The summed E-state index contributed by atoms with van der Waals surface area (Å²) < 4.78 is 0. The zero-order chi connectivity index (χ0) is 14.3. The molecule has 0 bridgehead atoms. The van der Waals surface area contributed by atoms with Gasteiger partial charge in [0.2, 0.25) is 0 Å². The molecular weight excluding hydrogens is 272 g/mol. The fourth-order valence-corrected chi connectivity index (χ4v) is 4.86. The van der Waals surface area contributed by atoms with E-state index in [9.17, 15) is 9.90 Å². The molecule has 3 atom stereocenters. The predicted molar refractivity (Wildman–Crippen MR) is 78.9 cm³/mol. The van der Waals surface area contributed by atoms with Crippen LogP contribution in [-0.4, -0.2) is 33.0 Å². The van der Waals surface area contributed by atoms with Gasteiger partial charge in [-0.15, -0.1) is 11.3 Å². The molecular formula is C15H22N2O2S. The SMILES string of the molecule is Cc1nc(C)c(CN2[C@H](C(=O)O)C[C@@H]3CCCC[C@@H]32)s1. The minimum atomic E-state index is -0.654. The van der Waals surface area contributed by atoms with Crippen LogP contribution in [0, 0.1) is 19.8 Å².